The van der Waals surface area contributed by atoms with Gasteiger partial charge >= 0.3 is 5.97 Å². The molecule has 20 heavy (non-hydrogen) atoms. The molecule has 0 aromatic rings. The number of hydrogen-bond donors (Lipinski definition) is 0. The highest BCUT2D eigenvalue weighted by Gasteiger charge is 2.37. The standard InChI is InChI=1S/C13H20O7/c1-4-13(12(17)18,9(3)11(15)16)8-10(14)20-7-6-19-5-2/h3-8H2,1-2H3,(H,15,16)(H,17,18)/p-2. The molecule has 0 rings (SSSR count). The predicted molar refractivity (Wildman–Crippen MR) is 63.9 cm³/mol. The smallest absolute Gasteiger partial charge is 0.307 e. The van der Waals surface area contributed by atoms with Gasteiger partial charge in [0, 0.05) is 12.0 Å². The van der Waals surface area contributed by atoms with Gasteiger partial charge in [0.05, 0.1) is 25.0 Å². The molecule has 1 unspecified atom stereocenters. The van der Waals surface area contributed by atoms with E-state index in [1.165, 1.54) is 6.92 Å². The molecular formula is C13H18O7-2. The number of carboxylic acid groups (broad SMARTS) is 2. The van der Waals surface area contributed by atoms with E-state index in [4.69, 9.17) is 9.47 Å². The first-order valence-electron chi connectivity index (χ1n) is 6.17. The van der Waals surface area contributed by atoms with Gasteiger partial charge in [-0.25, -0.2) is 0 Å². The van der Waals surface area contributed by atoms with Crippen LogP contribution in [0.5, 0.6) is 0 Å². The molecule has 0 aromatic heterocycles. The lowest BCUT2D eigenvalue weighted by Gasteiger charge is -2.35. The number of carboxylic acids is 2. The summed E-state index contributed by atoms with van der Waals surface area (Å²) in [5.74, 6) is -4.30. The number of carbonyl (C=O) groups is 3. The molecule has 7 heteroatoms. The van der Waals surface area contributed by atoms with Crippen molar-refractivity contribution in [3.05, 3.63) is 12.2 Å². The van der Waals surface area contributed by atoms with E-state index in [1.54, 1.807) is 6.92 Å². The summed E-state index contributed by atoms with van der Waals surface area (Å²) >= 11 is 0. The molecule has 0 saturated heterocycles. The molecule has 0 N–H and O–H groups in total. The molecule has 0 spiro atoms. The molecule has 0 aliphatic rings. The molecule has 1 atom stereocenters. The summed E-state index contributed by atoms with van der Waals surface area (Å²) in [6, 6.07) is 0. The summed E-state index contributed by atoms with van der Waals surface area (Å²) in [7, 11) is 0. The normalized spacial score (nSPS) is 13.3. The predicted octanol–water partition coefficient (Wildman–Crippen LogP) is -1.59. The van der Waals surface area contributed by atoms with Crippen molar-refractivity contribution in [3.63, 3.8) is 0 Å². The van der Waals surface area contributed by atoms with Crippen LogP contribution >= 0.6 is 0 Å². The number of aliphatic carboxylic acids is 2. The van der Waals surface area contributed by atoms with Crippen LogP contribution in [0.15, 0.2) is 12.2 Å². The highest BCUT2D eigenvalue weighted by Crippen LogP contribution is 2.34. The molecule has 0 bridgehead atoms. The van der Waals surface area contributed by atoms with E-state index >= 15 is 0 Å². The summed E-state index contributed by atoms with van der Waals surface area (Å²) in [4.78, 5) is 33.6. The highest BCUT2D eigenvalue weighted by molar-refractivity contribution is 5.96. The summed E-state index contributed by atoms with van der Waals surface area (Å²) in [6.07, 6.45) is -0.854. The summed E-state index contributed by atoms with van der Waals surface area (Å²) in [6.45, 7) is 6.93. The minimum atomic E-state index is -2.03. The van der Waals surface area contributed by atoms with Gasteiger partial charge in [0.2, 0.25) is 0 Å². The Morgan fingerprint density at radius 3 is 2.15 bits per heavy atom. The second-order valence-corrected chi connectivity index (χ2v) is 4.08. The molecule has 0 radical (unpaired) electrons. The van der Waals surface area contributed by atoms with Crippen molar-refractivity contribution in [2.45, 2.75) is 26.7 Å². The summed E-state index contributed by atoms with van der Waals surface area (Å²) in [5, 5.41) is 22.0. The maximum Gasteiger partial charge on any atom is 0.307 e. The first kappa shape index (κ1) is 18.1. The van der Waals surface area contributed by atoms with E-state index in [-0.39, 0.29) is 19.6 Å². The average Bonchev–Trinajstić information content (AvgIpc) is 2.39. The van der Waals surface area contributed by atoms with Gasteiger partial charge in [-0.2, -0.15) is 0 Å². The lowest BCUT2D eigenvalue weighted by Crippen LogP contribution is -2.48. The Balaban J connectivity index is 4.83. The van der Waals surface area contributed by atoms with Gasteiger partial charge in [-0.1, -0.05) is 13.5 Å². The second-order valence-electron chi connectivity index (χ2n) is 4.08. The van der Waals surface area contributed by atoms with E-state index in [0.29, 0.717) is 6.61 Å². The van der Waals surface area contributed by atoms with Crippen molar-refractivity contribution < 1.29 is 34.1 Å². The maximum absolute atomic E-state index is 11.6. The zero-order valence-electron chi connectivity index (χ0n) is 11.6. The largest absolute Gasteiger partial charge is 0.549 e. The molecule has 0 saturated carbocycles. The lowest BCUT2D eigenvalue weighted by molar-refractivity contribution is -0.322. The molecule has 0 aliphatic carbocycles. The quantitative estimate of drug-likeness (QED) is 0.270. The van der Waals surface area contributed by atoms with Crippen molar-refractivity contribution in [2.24, 2.45) is 5.41 Å². The van der Waals surface area contributed by atoms with Crippen LogP contribution in [0.4, 0.5) is 0 Å². The first-order chi connectivity index (χ1) is 9.31. The molecule has 0 heterocycles. The van der Waals surface area contributed by atoms with Crippen LogP contribution < -0.4 is 10.2 Å². The minimum Gasteiger partial charge on any atom is -0.549 e. The van der Waals surface area contributed by atoms with Crippen molar-refractivity contribution in [2.75, 3.05) is 19.8 Å². The molecular weight excluding hydrogens is 268 g/mol. The zero-order valence-corrected chi connectivity index (χ0v) is 11.6. The van der Waals surface area contributed by atoms with E-state index in [1.807, 2.05) is 0 Å². The van der Waals surface area contributed by atoms with E-state index in [0.717, 1.165) is 0 Å². The van der Waals surface area contributed by atoms with Crippen LogP contribution in [0.3, 0.4) is 0 Å². The van der Waals surface area contributed by atoms with Crippen molar-refractivity contribution in [1.29, 1.82) is 0 Å². The Bertz CT molecular complexity index is 388. The van der Waals surface area contributed by atoms with Gasteiger partial charge in [-0.3, -0.25) is 4.79 Å². The van der Waals surface area contributed by atoms with Crippen molar-refractivity contribution in [3.8, 4) is 0 Å². The van der Waals surface area contributed by atoms with Crippen molar-refractivity contribution >= 4 is 17.9 Å². The average molecular weight is 286 g/mol. The maximum atomic E-state index is 11.6. The van der Waals surface area contributed by atoms with Gasteiger partial charge in [-0.05, 0) is 18.9 Å². The number of carbonyl (C=O) groups excluding carboxylic acids is 3. The Kier molecular flexibility index (Phi) is 7.53. The Morgan fingerprint density at radius 1 is 1.15 bits per heavy atom. The van der Waals surface area contributed by atoms with Crippen molar-refractivity contribution in [1.82, 2.24) is 0 Å². The number of esters is 1. The monoisotopic (exact) mass is 286 g/mol. The fraction of sp³-hybridized carbons (Fsp3) is 0.615. The fourth-order valence-electron chi connectivity index (χ4n) is 1.64. The third-order valence-corrected chi connectivity index (χ3v) is 2.96. The second kappa shape index (κ2) is 8.31. The van der Waals surface area contributed by atoms with Gasteiger partial charge in [-0.15, -0.1) is 0 Å². The third kappa shape index (κ3) is 4.65. The molecule has 0 amide bonds. The summed E-state index contributed by atoms with van der Waals surface area (Å²) in [5.41, 5.74) is -2.73. The van der Waals surface area contributed by atoms with Crippen LogP contribution in [-0.4, -0.2) is 37.7 Å². The third-order valence-electron chi connectivity index (χ3n) is 2.96. The van der Waals surface area contributed by atoms with Crippen LogP contribution in [0, 0.1) is 5.41 Å². The summed E-state index contributed by atoms with van der Waals surface area (Å²) < 4.78 is 9.72. The van der Waals surface area contributed by atoms with Gasteiger partial charge < -0.3 is 29.3 Å². The number of ether oxygens (including phenoxy) is 2. The highest BCUT2D eigenvalue weighted by atomic mass is 16.6. The number of rotatable bonds is 10. The topological polar surface area (TPSA) is 116 Å². The van der Waals surface area contributed by atoms with E-state index in [2.05, 4.69) is 6.58 Å². The molecule has 0 aliphatic heterocycles. The van der Waals surface area contributed by atoms with Gasteiger partial charge in [0.25, 0.3) is 0 Å². The van der Waals surface area contributed by atoms with Crippen LogP contribution in [0.25, 0.3) is 0 Å². The van der Waals surface area contributed by atoms with E-state index in [9.17, 15) is 24.6 Å². The fourth-order valence-corrected chi connectivity index (χ4v) is 1.64. The SMILES string of the molecule is C=C(C(=O)[O-])C(CC)(CC(=O)OCCOCC)C(=O)[O-]. The molecule has 114 valence electrons. The minimum absolute atomic E-state index is 0.0443. The Hall–Kier alpha value is -1.89. The Morgan fingerprint density at radius 2 is 1.75 bits per heavy atom. The zero-order chi connectivity index (χ0) is 15.8. The molecule has 7 nitrogen and oxygen atoms in total. The van der Waals surface area contributed by atoms with Crippen LogP contribution in [0.2, 0.25) is 0 Å². The lowest BCUT2D eigenvalue weighted by atomic mass is 9.75. The first-order valence-corrected chi connectivity index (χ1v) is 6.17. The number of hydrogen-bond acceptors (Lipinski definition) is 7. The molecule has 0 aromatic carbocycles. The van der Waals surface area contributed by atoms with Gasteiger partial charge in [0.15, 0.2) is 0 Å². The van der Waals surface area contributed by atoms with E-state index < -0.39 is 35.3 Å². The Labute approximate surface area is 117 Å². The van der Waals surface area contributed by atoms with Gasteiger partial charge in [0.1, 0.15) is 6.61 Å². The van der Waals surface area contributed by atoms with Crippen LogP contribution in [0.1, 0.15) is 26.7 Å². The molecule has 0 fully saturated rings. The van der Waals surface area contributed by atoms with Crippen LogP contribution in [-0.2, 0) is 23.9 Å².